The summed E-state index contributed by atoms with van der Waals surface area (Å²) in [5, 5.41) is 0. The van der Waals surface area contributed by atoms with Crippen molar-refractivity contribution in [1.82, 2.24) is 0 Å². The first-order valence-corrected chi connectivity index (χ1v) is 3.54. The van der Waals surface area contributed by atoms with Crippen LogP contribution in [0.15, 0.2) is 12.2 Å². The molecule has 0 radical (unpaired) electrons. The third kappa shape index (κ3) is 3.75. The maximum Gasteiger partial charge on any atom is 0.515 e. The van der Waals surface area contributed by atoms with Crippen LogP contribution in [0.5, 0.6) is 0 Å². The molecule has 0 aliphatic rings. The number of esters is 1. The van der Waals surface area contributed by atoms with Gasteiger partial charge in [-0.25, -0.2) is 4.79 Å². The van der Waals surface area contributed by atoms with Crippen LogP contribution in [0.2, 0.25) is 0 Å². The van der Waals surface area contributed by atoms with Crippen molar-refractivity contribution >= 4 is 12.1 Å². The summed E-state index contributed by atoms with van der Waals surface area (Å²) >= 11 is 0. The summed E-state index contributed by atoms with van der Waals surface area (Å²) in [6.45, 7) is 3.41. The van der Waals surface area contributed by atoms with Crippen LogP contribution in [-0.4, -0.2) is 19.2 Å². The lowest BCUT2D eigenvalue weighted by molar-refractivity contribution is -0.141. The van der Waals surface area contributed by atoms with Gasteiger partial charge in [-0.15, -0.1) is 0 Å². The van der Waals surface area contributed by atoms with Gasteiger partial charge >= 0.3 is 12.1 Å². The van der Waals surface area contributed by atoms with Gasteiger partial charge in [0.2, 0.25) is 0 Å². The topological polar surface area (TPSA) is 52.6 Å². The molecule has 0 spiro atoms. The van der Waals surface area contributed by atoms with Crippen molar-refractivity contribution in [3.05, 3.63) is 12.2 Å². The molecule has 0 heterocycles. The van der Waals surface area contributed by atoms with E-state index < -0.39 is 18.0 Å². The van der Waals surface area contributed by atoms with E-state index in [0.717, 1.165) is 7.11 Å². The maximum absolute atomic E-state index is 10.9. The van der Waals surface area contributed by atoms with Crippen molar-refractivity contribution in [2.75, 3.05) is 7.11 Å². The van der Waals surface area contributed by atoms with Crippen LogP contribution in [0.4, 0.5) is 4.79 Å². The predicted molar refractivity (Wildman–Crippen MR) is 42.5 cm³/mol. The van der Waals surface area contributed by atoms with Gasteiger partial charge in [-0.1, -0.05) is 12.2 Å². The van der Waals surface area contributed by atoms with E-state index in [1.807, 2.05) is 0 Å². The second kappa shape index (κ2) is 5.35. The lowest BCUT2D eigenvalue weighted by Crippen LogP contribution is -2.17. The number of carbonyl (C=O) groups is 2. The first-order chi connectivity index (χ1) is 5.61. The van der Waals surface area contributed by atoms with E-state index in [1.54, 1.807) is 26.0 Å². The maximum atomic E-state index is 10.9. The molecule has 4 nitrogen and oxygen atoms in total. The van der Waals surface area contributed by atoms with Gasteiger partial charge in [-0.2, -0.15) is 0 Å². The Morgan fingerprint density at radius 3 is 2.42 bits per heavy atom. The number of hydrogen-bond acceptors (Lipinski definition) is 4. The molecule has 0 amide bonds. The fraction of sp³-hybridized carbons (Fsp3) is 0.500. The number of ether oxygens (including phenoxy) is 2. The third-order valence-corrected chi connectivity index (χ3v) is 1.20. The first-order valence-electron chi connectivity index (χ1n) is 3.54. The number of allylic oxidation sites excluding steroid dienone is 1. The molecule has 0 bridgehead atoms. The van der Waals surface area contributed by atoms with E-state index in [9.17, 15) is 9.59 Å². The summed E-state index contributed by atoms with van der Waals surface area (Å²) in [7, 11) is 1.15. The molecule has 0 aromatic rings. The van der Waals surface area contributed by atoms with Gasteiger partial charge in [0.25, 0.3) is 0 Å². The molecule has 0 aromatic carbocycles. The highest BCUT2D eigenvalue weighted by Crippen LogP contribution is 2.01. The Balaban J connectivity index is 3.95. The van der Waals surface area contributed by atoms with Crippen LogP contribution < -0.4 is 0 Å². The predicted octanol–water partition coefficient (Wildman–Crippen LogP) is 1.51. The van der Waals surface area contributed by atoms with Crippen molar-refractivity contribution in [3.63, 3.8) is 0 Å². The molecule has 0 N–H and O–H groups in total. The van der Waals surface area contributed by atoms with Crippen LogP contribution in [0, 0.1) is 5.92 Å². The standard InChI is InChI=1S/C8H12O4/c1-4-5-6(2)7(9)12-8(10)11-3/h4-6H,1-3H3. The second-order valence-electron chi connectivity index (χ2n) is 2.19. The Morgan fingerprint density at radius 2 is 2.00 bits per heavy atom. The van der Waals surface area contributed by atoms with Crippen molar-refractivity contribution < 1.29 is 19.1 Å². The highest BCUT2D eigenvalue weighted by atomic mass is 16.7. The van der Waals surface area contributed by atoms with Crippen molar-refractivity contribution in [1.29, 1.82) is 0 Å². The van der Waals surface area contributed by atoms with E-state index in [1.165, 1.54) is 0 Å². The molecule has 0 aliphatic heterocycles. The summed E-state index contributed by atoms with van der Waals surface area (Å²) in [5.74, 6) is -1.03. The van der Waals surface area contributed by atoms with E-state index in [2.05, 4.69) is 9.47 Å². The normalized spacial score (nSPS) is 12.6. The highest BCUT2D eigenvalue weighted by molar-refractivity contribution is 5.84. The van der Waals surface area contributed by atoms with Gasteiger partial charge < -0.3 is 9.47 Å². The molecule has 0 rings (SSSR count). The van der Waals surface area contributed by atoms with Crippen molar-refractivity contribution in [3.8, 4) is 0 Å². The van der Waals surface area contributed by atoms with Gasteiger partial charge in [0.1, 0.15) is 0 Å². The number of methoxy groups -OCH3 is 1. The molecule has 0 fully saturated rings. The zero-order chi connectivity index (χ0) is 9.56. The summed E-state index contributed by atoms with van der Waals surface area (Å²) in [6, 6.07) is 0. The van der Waals surface area contributed by atoms with Gasteiger partial charge in [0.15, 0.2) is 0 Å². The van der Waals surface area contributed by atoms with Crippen molar-refractivity contribution in [2.24, 2.45) is 5.92 Å². The quantitative estimate of drug-likeness (QED) is 0.360. The van der Waals surface area contributed by atoms with Gasteiger partial charge in [0.05, 0.1) is 13.0 Å². The van der Waals surface area contributed by atoms with Gasteiger partial charge in [-0.05, 0) is 13.8 Å². The van der Waals surface area contributed by atoms with Crippen LogP contribution in [-0.2, 0) is 14.3 Å². The Kier molecular flexibility index (Phi) is 4.76. The van der Waals surface area contributed by atoms with Crippen molar-refractivity contribution in [2.45, 2.75) is 13.8 Å². The minimum atomic E-state index is -0.976. The molecule has 0 aliphatic carbocycles. The zero-order valence-corrected chi connectivity index (χ0v) is 7.37. The Morgan fingerprint density at radius 1 is 1.42 bits per heavy atom. The van der Waals surface area contributed by atoms with E-state index in [-0.39, 0.29) is 0 Å². The molecule has 0 aromatic heterocycles. The Hall–Kier alpha value is -1.32. The first kappa shape index (κ1) is 10.7. The van der Waals surface area contributed by atoms with Crippen LogP contribution in [0.3, 0.4) is 0 Å². The summed E-state index contributed by atoms with van der Waals surface area (Å²) < 4.78 is 8.41. The van der Waals surface area contributed by atoms with Gasteiger partial charge in [0, 0.05) is 0 Å². The lowest BCUT2D eigenvalue weighted by atomic mass is 10.2. The van der Waals surface area contributed by atoms with E-state index in [4.69, 9.17) is 0 Å². The summed E-state index contributed by atoms with van der Waals surface area (Å²) in [4.78, 5) is 21.4. The average molecular weight is 172 g/mol. The molecule has 12 heavy (non-hydrogen) atoms. The molecule has 68 valence electrons. The van der Waals surface area contributed by atoms with E-state index >= 15 is 0 Å². The summed E-state index contributed by atoms with van der Waals surface area (Å²) in [6.07, 6.45) is 2.37. The summed E-state index contributed by atoms with van der Waals surface area (Å²) in [5.41, 5.74) is 0. The molecular formula is C8H12O4. The fourth-order valence-electron chi connectivity index (χ4n) is 0.584. The minimum absolute atomic E-state index is 0.422. The van der Waals surface area contributed by atoms with Gasteiger partial charge in [-0.3, -0.25) is 4.79 Å². The number of rotatable bonds is 2. The van der Waals surface area contributed by atoms with Crippen LogP contribution in [0.25, 0.3) is 0 Å². The Labute approximate surface area is 71.2 Å². The Bertz CT molecular complexity index is 195. The van der Waals surface area contributed by atoms with Crippen LogP contribution >= 0.6 is 0 Å². The third-order valence-electron chi connectivity index (χ3n) is 1.20. The minimum Gasteiger partial charge on any atom is -0.437 e. The molecular weight excluding hydrogens is 160 g/mol. The number of hydrogen-bond donors (Lipinski definition) is 0. The molecule has 1 atom stereocenters. The average Bonchev–Trinajstić information content (AvgIpc) is 2.04. The lowest BCUT2D eigenvalue weighted by Gasteiger charge is -2.03. The largest absolute Gasteiger partial charge is 0.515 e. The second-order valence-corrected chi connectivity index (χ2v) is 2.19. The molecule has 4 heteroatoms. The highest BCUT2D eigenvalue weighted by Gasteiger charge is 2.15. The van der Waals surface area contributed by atoms with E-state index in [0.29, 0.717) is 0 Å². The number of carbonyl (C=O) groups excluding carboxylic acids is 2. The molecule has 1 unspecified atom stereocenters. The zero-order valence-electron chi connectivity index (χ0n) is 7.37. The molecule has 0 saturated carbocycles. The van der Waals surface area contributed by atoms with Crippen LogP contribution in [0.1, 0.15) is 13.8 Å². The smallest absolute Gasteiger partial charge is 0.437 e. The fourth-order valence-corrected chi connectivity index (χ4v) is 0.584. The molecule has 0 saturated heterocycles. The SMILES string of the molecule is CC=CC(C)C(=O)OC(=O)OC. The monoisotopic (exact) mass is 172 g/mol.